The van der Waals surface area contributed by atoms with Crippen molar-refractivity contribution in [1.82, 2.24) is 0 Å². The Morgan fingerprint density at radius 1 is 0.600 bits per heavy atom. The van der Waals surface area contributed by atoms with Crippen molar-refractivity contribution in [1.29, 1.82) is 0 Å². The lowest BCUT2D eigenvalue weighted by atomic mass is 10.1. The Morgan fingerprint density at radius 2 is 1.10 bits per heavy atom. The quantitative estimate of drug-likeness (QED) is 0.216. The molecule has 0 aromatic heterocycles. The molecule has 0 unspecified atom stereocenters. The summed E-state index contributed by atoms with van der Waals surface area (Å²) >= 11 is 0. The fourth-order valence-corrected chi connectivity index (χ4v) is 2.37. The molecule has 0 aliphatic carbocycles. The lowest BCUT2D eigenvalue weighted by Gasteiger charge is -2.01. The van der Waals surface area contributed by atoms with Crippen LogP contribution in [0.3, 0.4) is 0 Å². The summed E-state index contributed by atoms with van der Waals surface area (Å²) in [7, 11) is 0. The average molecular weight is 278 g/mol. The van der Waals surface area contributed by atoms with E-state index < -0.39 is 0 Å². The summed E-state index contributed by atoms with van der Waals surface area (Å²) < 4.78 is 0. The molecule has 0 heterocycles. The van der Waals surface area contributed by atoms with Crippen molar-refractivity contribution in [2.75, 3.05) is 0 Å². The highest BCUT2D eigenvalue weighted by atomic mass is 14.0. The van der Waals surface area contributed by atoms with Crippen LogP contribution in [0.5, 0.6) is 0 Å². The number of hydrogen-bond acceptors (Lipinski definition) is 0. The van der Waals surface area contributed by atoms with Gasteiger partial charge in [-0.05, 0) is 32.1 Å². The van der Waals surface area contributed by atoms with E-state index in [0.717, 1.165) is 19.3 Å². The van der Waals surface area contributed by atoms with E-state index in [1.165, 1.54) is 70.6 Å². The second-order valence-electron chi connectivity index (χ2n) is 5.79. The Kier molecular flexibility index (Phi) is 18.0. The van der Waals surface area contributed by atoms with Crippen LogP contribution in [-0.4, -0.2) is 0 Å². The summed E-state index contributed by atoms with van der Waals surface area (Å²) in [5, 5.41) is 0. The molecule has 0 atom stereocenters. The molecule has 0 aromatic carbocycles. The van der Waals surface area contributed by atoms with Gasteiger partial charge in [0.25, 0.3) is 0 Å². The third kappa shape index (κ3) is 17.5. The van der Waals surface area contributed by atoms with Crippen molar-refractivity contribution in [2.24, 2.45) is 0 Å². The molecular weight excluding hydrogens is 240 g/mol. The highest BCUT2D eigenvalue weighted by Crippen LogP contribution is 2.11. The SMILES string of the molecule is [CH2]CCC=CCC=CCCCCCCCCCCCC. The van der Waals surface area contributed by atoms with Gasteiger partial charge in [0, 0.05) is 0 Å². The highest BCUT2D eigenvalue weighted by molar-refractivity contribution is 4.92. The van der Waals surface area contributed by atoms with E-state index in [1.54, 1.807) is 0 Å². The van der Waals surface area contributed by atoms with Gasteiger partial charge in [0.05, 0.1) is 0 Å². The molecule has 0 saturated carbocycles. The van der Waals surface area contributed by atoms with Gasteiger partial charge in [0.1, 0.15) is 0 Å². The zero-order valence-electron chi connectivity index (χ0n) is 13.9. The summed E-state index contributed by atoms with van der Waals surface area (Å²) in [6.07, 6.45) is 27.9. The third-order valence-electron chi connectivity index (χ3n) is 3.70. The van der Waals surface area contributed by atoms with Crippen molar-refractivity contribution >= 4 is 0 Å². The standard InChI is InChI=1S/C20H37/c1-3-5-7-9-11-13-15-17-19-20-18-16-14-12-10-8-6-4-2/h7,9,13,15H,1,3-6,8,10-12,14,16-20H2,2H3. The van der Waals surface area contributed by atoms with Crippen LogP contribution in [0.1, 0.15) is 96.8 Å². The van der Waals surface area contributed by atoms with E-state index in [4.69, 9.17) is 0 Å². The van der Waals surface area contributed by atoms with Crippen molar-refractivity contribution < 1.29 is 0 Å². The van der Waals surface area contributed by atoms with Crippen molar-refractivity contribution in [2.45, 2.75) is 96.8 Å². The van der Waals surface area contributed by atoms with Gasteiger partial charge in [-0.2, -0.15) is 0 Å². The topological polar surface area (TPSA) is 0 Å². The van der Waals surface area contributed by atoms with Gasteiger partial charge in [-0.1, -0.05) is 95.9 Å². The van der Waals surface area contributed by atoms with Crippen molar-refractivity contribution in [3.63, 3.8) is 0 Å². The maximum absolute atomic E-state index is 3.82. The fraction of sp³-hybridized carbons (Fsp3) is 0.750. The van der Waals surface area contributed by atoms with Crippen LogP contribution in [0, 0.1) is 6.92 Å². The van der Waals surface area contributed by atoms with Gasteiger partial charge in [-0.25, -0.2) is 0 Å². The molecule has 0 fully saturated rings. The Bertz CT molecular complexity index is 212. The van der Waals surface area contributed by atoms with E-state index in [-0.39, 0.29) is 0 Å². The van der Waals surface area contributed by atoms with Gasteiger partial charge >= 0.3 is 0 Å². The van der Waals surface area contributed by atoms with E-state index in [1.807, 2.05) is 0 Å². The number of allylic oxidation sites excluding steroid dienone is 4. The highest BCUT2D eigenvalue weighted by Gasteiger charge is 1.91. The molecule has 0 heteroatoms. The lowest BCUT2D eigenvalue weighted by Crippen LogP contribution is -1.81. The van der Waals surface area contributed by atoms with Gasteiger partial charge in [0.15, 0.2) is 0 Å². The Balaban J connectivity index is 3.07. The molecule has 20 heavy (non-hydrogen) atoms. The van der Waals surface area contributed by atoms with Crippen LogP contribution in [0.25, 0.3) is 0 Å². The average Bonchev–Trinajstić information content (AvgIpc) is 2.47. The Hall–Kier alpha value is -0.520. The molecule has 0 saturated heterocycles. The first-order chi connectivity index (χ1) is 9.91. The van der Waals surface area contributed by atoms with Crippen LogP contribution in [0.15, 0.2) is 24.3 Å². The van der Waals surface area contributed by atoms with Crippen LogP contribution < -0.4 is 0 Å². The maximum Gasteiger partial charge on any atom is -0.0169 e. The number of hydrogen-bond donors (Lipinski definition) is 0. The Morgan fingerprint density at radius 3 is 1.65 bits per heavy atom. The summed E-state index contributed by atoms with van der Waals surface area (Å²) in [6, 6.07) is 0. The summed E-state index contributed by atoms with van der Waals surface area (Å²) in [4.78, 5) is 0. The molecule has 0 aliphatic heterocycles. The van der Waals surface area contributed by atoms with Crippen LogP contribution >= 0.6 is 0 Å². The second kappa shape index (κ2) is 18.5. The minimum absolute atomic E-state index is 1.01. The van der Waals surface area contributed by atoms with E-state index in [0.29, 0.717) is 0 Å². The first-order valence-electron chi connectivity index (χ1n) is 9.01. The predicted octanol–water partition coefficient (Wildman–Crippen LogP) is 7.41. The van der Waals surface area contributed by atoms with Crippen LogP contribution in [0.4, 0.5) is 0 Å². The molecule has 0 aromatic rings. The molecule has 1 radical (unpaired) electrons. The zero-order chi connectivity index (χ0) is 14.7. The van der Waals surface area contributed by atoms with Gasteiger partial charge in [0.2, 0.25) is 0 Å². The van der Waals surface area contributed by atoms with Crippen molar-refractivity contribution in [3.05, 3.63) is 31.2 Å². The summed E-state index contributed by atoms with van der Waals surface area (Å²) in [5.74, 6) is 0. The van der Waals surface area contributed by atoms with Gasteiger partial charge in [-0.15, -0.1) is 0 Å². The smallest absolute Gasteiger partial charge is 0.0169 e. The van der Waals surface area contributed by atoms with Crippen LogP contribution in [-0.2, 0) is 0 Å². The van der Waals surface area contributed by atoms with Gasteiger partial charge in [-0.3, -0.25) is 0 Å². The summed E-state index contributed by atoms with van der Waals surface area (Å²) in [5.41, 5.74) is 0. The maximum atomic E-state index is 3.82. The molecule has 0 N–H and O–H groups in total. The predicted molar refractivity (Wildman–Crippen MR) is 93.9 cm³/mol. The first kappa shape index (κ1) is 19.5. The molecular formula is C20H37. The largest absolute Gasteiger partial charge is 0.0882 e. The molecule has 0 spiro atoms. The number of unbranched alkanes of at least 4 members (excludes halogenated alkanes) is 11. The molecule has 117 valence electrons. The minimum atomic E-state index is 1.01. The van der Waals surface area contributed by atoms with Crippen molar-refractivity contribution in [3.8, 4) is 0 Å². The monoisotopic (exact) mass is 277 g/mol. The lowest BCUT2D eigenvalue weighted by molar-refractivity contribution is 0.557. The fourth-order valence-electron chi connectivity index (χ4n) is 2.37. The molecule has 0 amide bonds. The normalized spacial score (nSPS) is 11.9. The van der Waals surface area contributed by atoms with E-state index >= 15 is 0 Å². The van der Waals surface area contributed by atoms with Gasteiger partial charge < -0.3 is 0 Å². The third-order valence-corrected chi connectivity index (χ3v) is 3.70. The summed E-state index contributed by atoms with van der Waals surface area (Å²) in [6.45, 7) is 6.11. The second-order valence-corrected chi connectivity index (χ2v) is 5.79. The minimum Gasteiger partial charge on any atom is -0.0882 e. The molecule has 0 rings (SSSR count). The van der Waals surface area contributed by atoms with E-state index in [9.17, 15) is 0 Å². The molecule has 0 bridgehead atoms. The molecule has 0 nitrogen and oxygen atoms in total. The number of rotatable bonds is 15. The van der Waals surface area contributed by atoms with E-state index in [2.05, 4.69) is 38.2 Å². The zero-order valence-corrected chi connectivity index (χ0v) is 13.9. The molecule has 0 aliphatic rings. The Labute approximate surface area is 128 Å². The van der Waals surface area contributed by atoms with Crippen LogP contribution in [0.2, 0.25) is 0 Å². The first-order valence-corrected chi connectivity index (χ1v) is 9.01.